The van der Waals surface area contributed by atoms with Crippen molar-refractivity contribution in [3.8, 4) is 5.69 Å². The van der Waals surface area contributed by atoms with Gasteiger partial charge >= 0.3 is 6.18 Å². The zero-order valence-electron chi connectivity index (χ0n) is 17.3. The molecule has 2 heterocycles. The molecular weight excluding hydrogens is 455 g/mol. The van der Waals surface area contributed by atoms with Crippen molar-refractivity contribution in [1.29, 1.82) is 0 Å². The van der Waals surface area contributed by atoms with Crippen LogP contribution in [0.25, 0.3) is 5.69 Å². The van der Waals surface area contributed by atoms with Crippen molar-refractivity contribution in [1.82, 2.24) is 25.2 Å². The molecule has 1 N–H and O–H groups in total. The van der Waals surface area contributed by atoms with E-state index in [4.69, 9.17) is 4.52 Å². The summed E-state index contributed by atoms with van der Waals surface area (Å²) in [7, 11) is 0. The first kappa shape index (κ1) is 22.6. The summed E-state index contributed by atoms with van der Waals surface area (Å²) in [5.41, 5.74) is 0.844. The van der Waals surface area contributed by atoms with Crippen molar-refractivity contribution in [3.05, 3.63) is 89.3 Å². The highest BCUT2D eigenvalue weighted by Crippen LogP contribution is 2.28. The van der Waals surface area contributed by atoms with E-state index in [1.807, 2.05) is 12.1 Å². The summed E-state index contributed by atoms with van der Waals surface area (Å²) >= 11 is 1.42. The molecule has 2 aromatic heterocycles. The summed E-state index contributed by atoms with van der Waals surface area (Å²) in [6, 6.07) is 14.9. The van der Waals surface area contributed by atoms with Gasteiger partial charge in [0.15, 0.2) is 11.5 Å². The number of halogens is 3. The molecule has 11 heteroatoms. The molecule has 2 aromatic carbocycles. The minimum atomic E-state index is -4.49. The number of hydrogen-bond donors (Lipinski definition) is 1. The second-order valence-corrected chi connectivity index (χ2v) is 8.03. The molecule has 0 aliphatic carbocycles. The van der Waals surface area contributed by atoms with E-state index in [0.29, 0.717) is 28.7 Å². The maximum Gasteiger partial charge on any atom is 0.435 e. The van der Waals surface area contributed by atoms with Crippen LogP contribution < -0.4 is 5.32 Å². The summed E-state index contributed by atoms with van der Waals surface area (Å²) in [6.45, 7) is 1.99. The molecular formula is C22H18F3N5O2S. The van der Waals surface area contributed by atoms with Gasteiger partial charge in [-0.1, -0.05) is 29.4 Å². The van der Waals surface area contributed by atoms with Gasteiger partial charge in [0.1, 0.15) is 0 Å². The van der Waals surface area contributed by atoms with Gasteiger partial charge in [-0.05, 0) is 42.8 Å². The van der Waals surface area contributed by atoms with Crippen molar-refractivity contribution in [2.75, 3.05) is 0 Å². The summed E-state index contributed by atoms with van der Waals surface area (Å²) in [4.78, 5) is 17.7. The molecule has 0 fully saturated rings. The lowest BCUT2D eigenvalue weighted by atomic mass is 10.2. The number of hydrogen-bond acceptors (Lipinski definition) is 6. The first-order chi connectivity index (χ1) is 15.8. The van der Waals surface area contributed by atoms with Crippen LogP contribution in [0.1, 0.15) is 33.3 Å². The van der Waals surface area contributed by atoms with E-state index < -0.39 is 11.9 Å². The summed E-state index contributed by atoms with van der Waals surface area (Å²) < 4.78 is 44.5. The van der Waals surface area contributed by atoms with Crippen molar-refractivity contribution >= 4 is 17.7 Å². The maximum atomic E-state index is 12.7. The van der Waals surface area contributed by atoms with Gasteiger partial charge in [-0.15, -0.1) is 11.8 Å². The zero-order valence-corrected chi connectivity index (χ0v) is 18.2. The van der Waals surface area contributed by atoms with E-state index in [9.17, 15) is 18.0 Å². The Kier molecular flexibility index (Phi) is 6.50. The molecule has 0 aliphatic rings. The summed E-state index contributed by atoms with van der Waals surface area (Å²) in [6.07, 6.45) is -3.24. The van der Waals surface area contributed by atoms with Gasteiger partial charge < -0.3 is 9.84 Å². The number of benzene rings is 2. The third-order valence-electron chi connectivity index (χ3n) is 4.59. The summed E-state index contributed by atoms with van der Waals surface area (Å²) in [5, 5.41) is 10.2. The SMILES string of the molecule is Cc1noc(CSc2ccccc2C(=O)NCc2ccc(-n3ccc(C(F)(F)F)n3)cc2)n1. The lowest BCUT2D eigenvalue weighted by Crippen LogP contribution is -2.23. The number of nitrogens with zero attached hydrogens (tertiary/aromatic N) is 4. The lowest BCUT2D eigenvalue weighted by Gasteiger charge is -2.10. The van der Waals surface area contributed by atoms with Crippen LogP contribution in [0.5, 0.6) is 0 Å². The molecule has 0 aliphatic heterocycles. The fraction of sp³-hybridized carbons (Fsp3) is 0.182. The third-order valence-corrected chi connectivity index (χ3v) is 5.64. The molecule has 0 atom stereocenters. The third kappa shape index (κ3) is 5.61. The van der Waals surface area contributed by atoms with Gasteiger partial charge in [0.25, 0.3) is 5.91 Å². The Morgan fingerprint density at radius 3 is 2.55 bits per heavy atom. The highest BCUT2D eigenvalue weighted by Gasteiger charge is 2.33. The Morgan fingerprint density at radius 2 is 1.88 bits per heavy atom. The Balaban J connectivity index is 1.37. The smallest absolute Gasteiger partial charge is 0.348 e. The predicted octanol–water partition coefficient (Wildman–Crippen LogP) is 4.80. The van der Waals surface area contributed by atoms with E-state index in [-0.39, 0.29) is 12.5 Å². The first-order valence-electron chi connectivity index (χ1n) is 9.81. The monoisotopic (exact) mass is 473 g/mol. The van der Waals surface area contributed by atoms with Gasteiger partial charge in [0.05, 0.1) is 17.0 Å². The second-order valence-electron chi connectivity index (χ2n) is 7.01. The fourth-order valence-electron chi connectivity index (χ4n) is 2.98. The van der Waals surface area contributed by atoms with Crippen LogP contribution in [-0.2, 0) is 18.5 Å². The molecule has 4 rings (SSSR count). The van der Waals surface area contributed by atoms with Crippen molar-refractivity contribution in [2.24, 2.45) is 0 Å². The van der Waals surface area contributed by atoms with Crippen LogP contribution in [0, 0.1) is 6.92 Å². The number of carbonyl (C=O) groups excluding carboxylic acids is 1. The molecule has 4 aromatic rings. The molecule has 0 spiro atoms. The van der Waals surface area contributed by atoms with E-state index >= 15 is 0 Å². The largest absolute Gasteiger partial charge is 0.435 e. The van der Waals surface area contributed by atoms with Crippen molar-refractivity contribution in [3.63, 3.8) is 0 Å². The van der Waals surface area contributed by atoms with Gasteiger partial charge in [-0.2, -0.15) is 23.3 Å². The molecule has 0 unspecified atom stereocenters. The van der Waals surface area contributed by atoms with Crippen LogP contribution in [-0.4, -0.2) is 25.8 Å². The Hall–Kier alpha value is -3.60. The molecule has 0 saturated carbocycles. The van der Waals surface area contributed by atoms with E-state index in [0.717, 1.165) is 21.2 Å². The van der Waals surface area contributed by atoms with Gasteiger partial charge in [0, 0.05) is 17.6 Å². The number of alkyl halides is 3. The maximum absolute atomic E-state index is 12.7. The quantitative estimate of drug-likeness (QED) is 0.388. The van der Waals surface area contributed by atoms with Crippen LogP contribution in [0.3, 0.4) is 0 Å². The second kappa shape index (κ2) is 9.49. The molecule has 0 saturated heterocycles. The van der Waals surface area contributed by atoms with Gasteiger partial charge in [0.2, 0.25) is 5.89 Å². The topological polar surface area (TPSA) is 85.8 Å². The number of thioether (sulfide) groups is 1. The minimum Gasteiger partial charge on any atom is -0.348 e. The number of aromatic nitrogens is 4. The summed E-state index contributed by atoms with van der Waals surface area (Å²) in [5.74, 6) is 1.23. The predicted molar refractivity (Wildman–Crippen MR) is 115 cm³/mol. The fourth-order valence-corrected chi connectivity index (χ4v) is 3.87. The number of rotatable bonds is 7. The van der Waals surface area contributed by atoms with Crippen LogP contribution >= 0.6 is 11.8 Å². The average molecular weight is 473 g/mol. The number of carbonyl (C=O) groups is 1. The Labute approximate surface area is 191 Å². The number of aryl methyl sites for hydroxylation is 1. The highest BCUT2D eigenvalue weighted by atomic mass is 32.2. The molecule has 170 valence electrons. The van der Waals surface area contributed by atoms with Crippen LogP contribution in [0.4, 0.5) is 13.2 Å². The molecule has 0 bridgehead atoms. The number of amides is 1. The zero-order chi connectivity index (χ0) is 23.4. The molecule has 33 heavy (non-hydrogen) atoms. The highest BCUT2D eigenvalue weighted by molar-refractivity contribution is 7.98. The van der Waals surface area contributed by atoms with Crippen LogP contribution in [0.2, 0.25) is 0 Å². The minimum absolute atomic E-state index is 0.245. The lowest BCUT2D eigenvalue weighted by molar-refractivity contribution is -0.141. The Bertz CT molecular complexity index is 1250. The first-order valence-corrected chi connectivity index (χ1v) is 10.8. The van der Waals surface area contributed by atoms with Crippen molar-refractivity contribution in [2.45, 2.75) is 30.3 Å². The average Bonchev–Trinajstić information content (AvgIpc) is 3.46. The Morgan fingerprint density at radius 1 is 1.12 bits per heavy atom. The van der Waals surface area contributed by atoms with E-state index in [1.54, 1.807) is 43.3 Å². The van der Waals surface area contributed by atoms with E-state index in [1.165, 1.54) is 18.0 Å². The molecule has 1 amide bonds. The standard InChI is InChI=1S/C22H18F3N5O2S/c1-14-27-20(32-29-14)13-33-18-5-3-2-4-17(18)21(31)26-12-15-6-8-16(9-7-15)30-11-10-19(28-30)22(23,24)25/h2-11H,12-13H2,1H3,(H,26,31). The normalized spacial score (nSPS) is 11.5. The van der Waals surface area contributed by atoms with Gasteiger partial charge in [-0.25, -0.2) is 4.68 Å². The van der Waals surface area contributed by atoms with Gasteiger partial charge in [-0.3, -0.25) is 4.79 Å². The van der Waals surface area contributed by atoms with Crippen LogP contribution in [0.15, 0.2) is 70.2 Å². The number of nitrogens with one attached hydrogen (secondary N) is 1. The molecule has 7 nitrogen and oxygen atoms in total. The van der Waals surface area contributed by atoms with E-state index in [2.05, 4.69) is 20.6 Å². The molecule has 0 radical (unpaired) electrons. The van der Waals surface area contributed by atoms with Crippen molar-refractivity contribution < 1.29 is 22.5 Å².